The summed E-state index contributed by atoms with van der Waals surface area (Å²) < 4.78 is 16.9. The van der Waals surface area contributed by atoms with Crippen molar-refractivity contribution in [2.45, 2.75) is 39.3 Å². The summed E-state index contributed by atoms with van der Waals surface area (Å²) in [5.41, 5.74) is 1.96. The van der Waals surface area contributed by atoms with Gasteiger partial charge in [0.2, 0.25) is 0 Å². The molecule has 0 aliphatic rings. The maximum atomic E-state index is 6.44. The topological polar surface area (TPSA) is 39.7 Å². The van der Waals surface area contributed by atoms with E-state index in [1.165, 1.54) is 0 Å². The van der Waals surface area contributed by atoms with Crippen molar-refractivity contribution in [2.75, 3.05) is 26.9 Å². The van der Waals surface area contributed by atoms with Crippen LogP contribution in [0.1, 0.15) is 37.3 Å². The number of unbranched alkanes of at least 4 members (excludes halogenated alkanes) is 1. The highest BCUT2D eigenvalue weighted by Crippen LogP contribution is 2.34. The van der Waals surface area contributed by atoms with Crippen LogP contribution >= 0.6 is 23.2 Å². The van der Waals surface area contributed by atoms with Gasteiger partial charge in [-0.05, 0) is 48.7 Å². The summed E-state index contributed by atoms with van der Waals surface area (Å²) in [4.78, 5) is 0. The van der Waals surface area contributed by atoms with E-state index >= 15 is 0 Å². The van der Waals surface area contributed by atoms with Crippen LogP contribution in [-0.2, 0) is 17.9 Å². The van der Waals surface area contributed by atoms with Crippen LogP contribution in [0.4, 0.5) is 0 Å². The molecular weight excluding hydrogens is 397 g/mol. The molecule has 0 saturated carbocycles. The van der Waals surface area contributed by atoms with E-state index in [-0.39, 0.29) is 0 Å². The molecule has 0 saturated heterocycles. The zero-order chi connectivity index (χ0) is 20.2. The first-order chi connectivity index (χ1) is 13.6. The minimum absolute atomic E-state index is 0.392. The Kier molecular flexibility index (Phi) is 10.5. The second-order valence-electron chi connectivity index (χ2n) is 6.51. The second kappa shape index (κ2) is 12.9. The van der Waals surface area contributed by atoms with Gasteiger partial charge in [-0.25, -0.2) is 0 Å². The van der Waals surface area contributed by atoms with Crippen molar-refractivity contribution in [2.24, 2.45) is 0 Å². The van der Waals surface area contributed by atoms with Gasteiger partial charge in [-0.15, -0.1) is 0 Å². The zero-order valence-electron chi connectivity index (χ0n) is 16.6. The molecule has 0 radical (unpaired) electrons. The van der Waals surface area contributed by atoms with Crippen LogP contribution in [0, 0.1) is 0 Å². The summed E-state index contributed by atoms with van der Waals surface area (Å²) >= 11 is 12.5. The lowest BCUT2D eigenvalue weighted by Crippen LogP contribution is -2.17. The summed E-state index contributed by atoms with van der Waals surface area (Å²) in [6.45, 7) is 5.71. The molecule has 0 unspecified atom stereocenters. The van der Waals surface area contributed by atoms with Crippen molar-refractivity contribution in [3.05, 3.63) is 57.6 Å². The Morgan fingerprint density at radius 3 is 2.57 bits per heavy atom. The third kappa shape index (κ3) is 7.88. The van der Waals surface area contributed by atoms with Crippen molar-refractivity contribution >= 4 is 23.2 Å². The van der Waals surface area contributed by atoms with Gasteiger partial charge >= 0.3 is 0 Å². The second-order valence-corrected chi connectivity index (χ2v) is 7.35. The Hall–Kier alpha value is -1.46. The largest absolute Gasteiger partial charge is 0.493 e. The standard InChI is InChI=1S/C22H29Cl2NO3/c1-3-4-10-27-11-6-9-25-15-18-13-21(26-2)22(14-20(18)24)28-16-17-7-5-8-19(23)12-17/h5,7-8,12-14,25H,3-4,6,9-11,15-16H2,1-2H3. The molecule has 2 rings (SSSR count). The number of ether oxygens (including phenoxy) is 3. The van der Waals surface area contributed by atoms with E-state index in [1.807, 2.05) is 30.3 Å². The normalized spacial score (nSPS) is 10.9. The predicted octanol–water partition coefficient (Wildman–Crippen LogP) is 5.88. The average molecular weight is 426 g/mol. The fraction of sp³-hybridized carbons (Fsp3) is 0.455. The molecule has 1 N–H and O–H groups in total. The Balaban J connectivity index is 1.84. The van der Waals surface area contributed by atoms with E-state index in [2.05, 4.69) is 12.2 Å². The molecule has 0 aliphatic carbocycles. The minimum atomic E-state index is 0.392. The van der Waals surface area contributed by atoms with Crippen LogP contribution in [0.2, 0.25) is 10.0 Å². The monoisotopic (exact) mass is 425 g/mol. The summed E-state index contributed by atoms with van der Waals surface area (Å²) in [6.07, 6.45) is 3.26. The van der Waals surface area contributed by atoms with Gasteiger partial charge in [0, 0.05) is 35.9 Å². The van der Waals surface area contributed by atoms with Crippen LogP contribution in [-0.4, -0.2) is 26.9 Å². The van der Waals surface area contributed by atoms with Crippen LogP contribution in [0.25, 0.3) is 0 Å². The Morgan fingerprint density at radius 1 is 1.00 bits per heavy atom. The molecule has 154 valence electrons. The molecule has 0 fully saturated rings. The maximum Gasteiger partial charge on any atom is 0.163 e. The van der Waals surface area contributed by atoms with E-state index in [9.17, 15) is 0 Å². The summed E-state index contributed by atoms with van der Waals surface area (Å²) in [5.74, 6) is 1.27. The molecule has 4 nitrogen and oxygen atoms in total. The minimum Gasteiger partial charge on any atom is -0.493 e. The summed E-state index contributed by atoms with van der Waals surface area (Å²) in [7, 11) is 1.63. The number of methoxy groups -OCH3 is 1. The Morgan fingerprint density at radius 2 is 1.82 bits per heavy atom. The Labute approximate surface area is 178 Å². The molecule has 0 aromatic heterocycles. The van der Waals surface area contributed by atoms with Crippen LogP contribution < -0.4 is 14.8 Å². The number of hydrogen-bond donors (Lipinski definition) is 1. The number of hydrogen-bond acceptors (Lipinski definition) is 4. The molecule has 28 heavy (non-hydrogen) atoms. The number of rotatable bonds is 13. The molecule has 0 bridgehead atoms. The smallest absolute Gasteiger partial charge is 0.163 e. The quantitative estimate of drug-likeness (QED) is 0.406. The van der Waals surface area contributed by atoms with E-state index in [0.717, 1.165) is 50.1 Å². The first-order valence-electron chi connectivity index (χ1n) is 9.66. The van der Waals surface area contributed by atoms with Crippen LogP contribution in [0.5, 0.6) is 11.5 Å². The number of benzene rings is 2. The van der Waals surface area contributed by atoms with Gasteiger partial charge in [0.15, 0.2) is 11.5 Å². The van der Waals surface area contributed by atoms with E-state index in [1.54, 1.807) is 13.2 Å². The van der Waals surface area contributed by atoms with E-state index < -0.39 is 0 Å². The molecule has 0 spiro atoms. The lowest BCUT2D eigenvalue weighted by molar-refractivity contribution is 0.129. The predicted molar refractivity (Wildman–Crippen MR) is 116 cm³/mol. The molecule has 0 aliphatic heterocycles. The average Bonchev–Trinajstić information content (AvgIpc) is 2.69. The molecule has 0 amide bonds. The maximum absolute atomic E-state index is 6.44. The number of halogens is 2. The van der Waals surface area contributed by atoms with Crippen molar-refractivity contribution in [1.29, 1.82) is 0 Å². The van der Waals surface area contributed by atoms with Gasteiger partial charge < -0.3 is 19.5 Å². The van der Waals surface area contributed by atoms with Crippen molar-refractivity contribution in [1.82, 2.24) is 5.32 Å². The molecule has 2 aromatic rings. The van der Waals surface area contributed by atoms with Gasteiger partial charge in [0.25, 0.3) is 0 Å². The molecule has 0 atom stereocenters. The van der Waals surface area contributed by atoms with Crippen molar-refractivity contribution < 1.29 is 14.2 Å². The van der Waals surface area contributed by atoms with Gasteiger partial charge in [-0.1, -0.05) is 48.7 Å². The SMILES string of the molecule is CCCCOCCCNCc1cc(OC)c(OCc2cccc(Cl)c2)cc1Cl. The first kappa shape index (κ1) is 22.8. The van der Waals surface area contributed by atoms with Crippen LogP contribution in [0.3, 0.4) is 0 Å². The van der Waals surface area contributed by atoms with E-state index in [0.29, 0.717) is 34.7 Å². The van der Waals surface area contributed by atoms with Gasteiger partial charge in [-0.3, -0.25) is 0 Å². The Bertz CT molecular complexity index is 725. The highest BCUT2D eigenvalue weighted by Gasteiger charge is 2.11. The highest BCUT2D eigenvalue weighted by atomic mass is 35.5. The lowest BCUT2D eigenvalue weighted by Gasteiger charge is -2.14. The van der Waals surface area contributed by atoms with Gasteiger partial charge in [-0.2, -0.15) is 0 Å². The third-order valence-electron chi connectivity index (χ3n) is 4.22. The summed E-state index contributed by atoms with van der Waals surface area (Å²) in [6, 6.07) is 11.3. The van der Waals surface area contributed by atoms with Crippen LogP contribution in [0.15, 0.2) is 36.4 Å². The van der Waals surface area contributed by atoms with Crippen molar-refractivity contribution in [3.8, 4) is 11.5 Å². The molecule has 2 aromatic carbocycles. The first-order valence-corrected chi connectivity index (χ1v) is 10.4. The van der Waals surface area contributed by atoms with Crippen molar-refractivity contribution in [3.63, 3.8) is 0 Å². The van der Waals surface area contributed by atoms with Gasteiger partial charge in [0.05, 0.1) is 7.11 Å². The summed E-state index contributed by atoms with van der Waals surface area (Å²) in [5, 5.41) is 4.72. The molecular formula is C22H29Cl2NO3. The third-order valence-corrected chi connectivity index (χ3v) is 4.80. The lowest BCUT2D eigenvalue weighted by atomic mass is 10.2. The number of nitrogens with one attached hydrogen (secondary N) is 1. The van der Waals surface area contributed by atoms with E-state index in [4.69, 9.17) is 37.4 Å². The zero-order valence-corrected chi connectivity index (χ0v) is 18.1. The fourth-order valence-electron chi connectivity index (χ4n) is 2.64. The highest BCUT2D eigenvalue weighted by molar-refractivity contribution is 6.31. The fourth-order valence-corrected chi connectivity index (χ4v) is 3.08. The molecule has 6 heteroatoms. The molecule has 0 heterocycles. The van der Waals surface area contributed by atoms with Gasteiger partial charge in [0.1, 0.15) is 6.61 Å².